The van der Waals surface area contributed by atoms with Gasteiger partial charge in [0.25, 0.3) is 5.56 Å². The Balaban J connectivity index is 1.71. The van der Waals surface area contributed by atoms with Gasteiger partial charge < -0.3 is 5.32 Å². The second-order valence-electron chi connectivity index (χ2n) is 7.92. The van der Waals surface area contributed by atoms with E-state index >= 15 is 0 Å². The second-order valence-corrected chi connectivity index (χ2v) is 9.01. The number of aryl methyl sites for hydroxylation is 3. The van der Waals surface area contributed by atoms with Gasteiger partial charge in [0.05, 0.1) is 17.6 Å². The van der Waals surface area contributed by atoms with Crippen molar-refractivity contribution in [1.82, 2.24) is 19.8 Å². The van der Waals surface area contributed by atoms with Crippen molar-refractivity contribution in [2.75, 3.05) is 26.2 Å². The average molecular weight is 395 g/mol. The number of nitrogens with one attached hydrogen (secondary N) is 1. The minimum atomic E-state index is 0.111. The molecule has 0 saturated carbocycles. The fourth-order valence-electron chi connectivity index (χ4n) is 4.46. The van der Waals surface area contributed by atoms with Crippen LogP contribution in [0.25, 0.3) is 15.9 Å². The maximum absolute atomic E-state index is 13.7. The van der Waals surface area contributed by atoms with Crippen molar-refractivity contribution in [2.24, 2.45) is 0 Å². The predicted octanol–water partition coefficient (Wildman–Crippen LogP) is 3.04. The Hall–Kier alpha value is -2.02. The van der Waals surface area contributed by atoms with E-state index in [1.165, 1.54) is 23.3 Å². The SMILES string of the molecule is Cc1cccc(-n2c(CN3CCNCC3)nc3sc4c(c3c2=O)CCCC4)c1. The largest absolute Gasteiger partial charge is 0.314 e. The summed E-state index contributed by atoms with van der Waals surface area (Å²) in [7, 11) is 0. The lowest BCUT2D eigenvalue weighted by Gasteiger charge is -2.27. The molecule has 0 spiro atoms. The molecule has 1 saturated heterocycles. The Morgan fingerprint density at radius 3 is 2.82 bits per heavy atom. The van der Waals surface area contributed by atoms with Gasteiger partial charge in [0.2, 0.25) is 0 Å². The van der Waals surface area contributed by atoms with E-state index in [4.69, 9.17) is 4.98 Å². The zero-order valence-corrected chi connectivity index (χ0v) is 17.1. The lowest BCUT2D eigenvalue weighted by Crippen LogP contribution is -2.44. The molecule has 2 aromatic heterocycles. The zero-order chi connectivity index (χ0) is 19.1. The maximum atomic E-state index is 13.7. The molecule has 3 heterocycles. The predicted molar refractivity (Wildman–Crippen MR) is 115 cm³/mol. The van der Waals surface area contributed by atoms with E-state index in [9.17, 15) is 4.79 Å². The standard InChI is InChI=1S/C22H26N4OS/c1-15-5-4-6-16(13-15)26-19(14-25-11-9-23-10-12-25)24-21-20(22(26)27)17-7-2-3-8-18(17)28-21/h4-6,13,23H,2-3,7-12,14H2,1H3. The minimum Gasteiger partial charge on any atom is -0.314 e. The number of piperazine rings is 1. The molecule has 0 unspecified atom stereocenters. The molecule has 6 heteroatoms. The van der Waals surface area contributed by atoms with Crippen molar-refractivity contribution in [3.8, 4) is 5.69 Å². The van der Waals surface area contributed by atoms with Gasteiger partial charge in [0.1, 0.15) is 10.7 Å². The summed E-state index contributed by atoms with van der Waals surface area (Å²) in [6.07, 6.45) is 4.50. The molecule has 3 aromatic rings. The molecule has 1 fully saturated rings. The van der Waals surface area contributed by atoms with Gasteiger partial charge in [-0.1, -0.05) is 12.1 Å². The van der Waals surface area contributed by atoms with E-state index in [0.29, 0.717) is 6.54 Å². The first-order valence-corrected chi connectivity index (χ1v) is 11.1. The van der Waals surface area contributed by atoms with E-state index in [0.717, 1.165) is 66.3 Å². The number of thiophene rings is 1. The topological polar surface area (TPSA) is 50.2 Å². The Morgan fingerprint density at radius 2 is 2.00 bits per heavy atom. The highest BCUT2D eigenvalue weighted by Crippen LogP contribution is 2.34. The molecule has 0 bridgehead atoms. The summed E-state index contributed by atoms with van der Waals surface area (Å²) >= 11 is 1.74. The highest BCUT2D eigenvalue weighted by Gasteiger charge is 2.23. The molecule has 28 heavy (non-hydrogen) atoms. The molecule has 0 atom stereocenters. The first-order chi connectivity index (χ1) is 13.7. The first kappa shape index (κ1) is 18.0. The third kappa shape index (κ3) is 3.19. The van der Waals surface area contributed by atoms with Gasteiger partial charge in [-0.05, 0) is 55.9 Å². The van der Waals surface area contributed by atoms with Crippen LogP contribution < -0.4 is 10.9 Å². The summed E-state index contributed by atoms with van der Waals surface area (Å²) in [5, 5.41) is 4.27. The van der Waals surface area contributed by atoms with Crippen LogP contribution in [0.15, 0.2) is 29.1 Å². The molecule has 1 aliphatic carbocycles. The van der Waals surface area contributed by atoms with Crippen molar-refractivity contribution < 1.29 is 0 Å². The smallest absolute Gasteiger partial charge is 0.267 e. The van der Waals surface area contributed by atoms with Crippen LogP contribution >= 0.6 is 11.3 Å². The van der Waals surface area contributed by atoms with Crippen LogP contribution in [0.5, 0.6) is 0 Å². The lowest BCUT2D eigenvalue weighted by atomic mass is 9.97. The summed E-state index contributed by atoms with van der Waals surface area (Å²) in [5.41, 5.74) is 3.46. The summed E-state index contributed by atoms with van der Waals surface area (Å²) in [5.74, 6) is 0.864. The maximum Gasteiger partial charge on any atom is 0.267 e. The number of rotatable bonds is 3. The van der Waals surface area contributed by atoms with E-state index < -0.39 is 0 Å². The molecule has 2 aliphatic rings. The van der Waals surface area contributed by atoms with E-state index in [-0.39, 0.29) is 5.56 Å². The molecular formula is C22H26N4OS. The molecule has 1 aromatic carbocycles. The van der Waals surface area contributed by atoms with Gasteiger partial charge in [-0.15, -0.1) is 11.3 Å². The highest BCUT2D eigenvalue weighted by molar-refractivity contribution is 7.18. The van der Waals surface area contributed by atoms with Crippen molar-refractivity contribution >= 4 is 21.6 Å². The third-order valence-corrected chi connectivity index (χ3v) is 7.08. The quantitative estimate of drug-likeness (QED) is 0.742. The van der Waals surface area contributed by atoms with E-state index in [2.05, 4.69) is 29.3 Å². The molecule has 0 amide bonds. The van der Waals surface area contributed by atoms with Crippen LogP contribution in [0.3, 0.4) is 0 Å². The van der Waals surface area contributed by atoms with E-state index in [1.807, 2.05) is 16.7 Å². The highest BCUT2D eigenvalue weighted by atomic mass is 32.1. The van der Waals surface area contributed by atoms with Gasteiger partial charge in [0.15, 0.2) is 0 Å². The van der Waals surface area contributed by atoms with E-state index in [1.54, 1.807) is 11.3 Å². The van der Waals surface area contributed by atoms with Crippen molar-refractivity contribution in [2.45, 2.75) is 39.2 Å². The lowest BCUT2D eigenvalue weighted by molar-refractivity contribution is 0.226. The number of aromatic nitrogens is 2. The normalized spacial score (nSPS) is 17.8. The van der Waals surface area contributed by atoms with Gasteiger partial charge in [0, 0.05) is 31.1 Å². The Kier molecular flexibility index (Phi) is 4.78. The van der Waals surface area contributed by atoms with Gasteiger partial charge >= 0.3 is 0 Å². The minimum absolute atomic E-state index is 0.111. The summed E-state index contributed by atoms with van der Waals surface area (Å²) in [4.78, 5) is 23.5. The average Bonchev–Trinajstić information content (AvgIpc) is 3.07. The molecule has 1 N–H and O–H groups in total. The molecule has 5 nitrogen and oxygen atoms in total. The van der Waals surface area contributed by atoms with Crippen LogP contribution in [0.2, 0.25) is 0 Å². The van der Waals surface area contributed by atoms with Gasteiger partial charge in [-0.25, -0.2) is 4.98 Å². The van der Waals surface area contributed by atoms with Crippen molar-refractivity contribution in [1.29, 1.82) is 0 Å². The molecule has 1 aliphatic heterocycles. The Morgan fingerprint density at radius 1 is 1.18 bits per heavy atom. The summed E-state index contributed by atoms with van der Waals surface area (Å²) in [6, 6.07) is 8.22. The number of hydrogen-bond acceptors (Lipinski definition) is 5. The van der Waals surface area contributed by atoms with Crippen LogP contribution in [0, 0.1) is 6.92 Å². The van der Waals surface area contributed by atoms with Crippen LogP contribution in [0.1, 0.15) is 34.7 Å². The Bertz CT molecular complexity index is 1080. The molecule has 5 rings (SSSR count). The van der Waals surface area contributed by atoms with Gasteiger partial charge in [-0.3, -0.25) is 14.3 Å². The zero-order valence-electron chi connectivity index (χ0n) is 16.3. The number of hydrogen-bond donors (Lipinski definition) is 1. The number of nitrogens with zero attached hydrogens (tertiary/aromatic N) is 3. The second kappa shape index (κ2) is 7.43. The summed E-state index contributed by atoms with van der Waals surface area (Å²) < 4.78 is 1.87. The fourth-order valence-corrected chi connectivity index (χ4v) is 5.73. The van der Waals surface area contributed by atoms with Crippen molar-refractivity contribution in [3.05, 3.63) is 56.4 Å². The Labute approximate surface area is 169 Å². The molecule has 146 valence electrons. The van der Waals surface area contributed by atoms with Crippen LogP contribution in [-0.4, -0.2) is 40.6 Å². The fraction of sp³-hybridized carbons (Fsp3) is 0.455. The third-order valence-electron chi connectivity index (χ3n) is 5.89. The van der Waals surface area contributed by atoms with Crippen molar-refractivity contribution in [3.63, 3.8) is 0 Å². The first-order valence-electron chi connectivity index (χ1n) is 10.3. The molecular weight excluding hydrogens is 368 g/mol. The monoisotopic (exact) mass is 394 g/mol. The number of fused-ring (bicyclic) bond motifs is 3. The van der Waals surface area contributed by atoms with Crippen LogP contribution in [0.4, 0.5) is 0 Å². The number of benzene rings is 1. The van der Waals surface area contributed by atoms with Gasteiger partial charge in [-0.2, -0.15) is 0 Å². The van der Waals surface area contributed by atoms with Crippen LogP contribution in [-0.2, 0) is 19.4 Å². The summed E-state index contributed by atoms with van der Waals surface area (Å²) in [6.45, 7) is 6.74. The molecule has 0 radical (unpaired) electrons.